The first-order valence-corrected chi connectivity index (χ1v) is 10.7. The van der Waals surface area contributed by atoms with Crippen molar-refractivity contribution in [1.82, 2.24) is 15.5 Å². The van der Waals surface area contributed by atoms with Crippen molar-refractivity contribution >= 4 is 11.8 Å². The van der Waals surface area contributed by atoms with Gasteiger partial charge in [0.1, 0.15) is 6.04 Å². The monoisotopic (exact) mass is 383 g/mol. The van der Waals surface area contributed by atoms with Crippen LogP contribution < -0.4 is 10.6 Å². The fraction of sp³-hybridized carbons (Fsp3) is 0.818. The van der Waals surface area contributed by atoms with E-state index in [-0.39, 0.29) is 18.7 Å². The molecule has 0 aromatic heterocycles. The average Bonchev–Trinajstić information content (AvgIpc) is 2.61. The van der Waals surface area contributed by atoms with E-state index >= 15 is 0 Å². The second kappa shape index (κ2) is 12.8. The van der Waals surface area contributed by atoms with Gasteiger partial charge in [-0.05, 0) is 44.9 Å². The smallest absolute Gasteiger partial charge is 0.242 e. The SMILES string of the molecule is C=C(C[C@H](NC(=O)CCC(C)(C)C)C(=O)NCC)N1CCCC[C@@H]1C.CC.[HH]. The van der Waals surface area contributed by atoms with E-state index in [4.69, 9.17) is 0 Å². The normalized spacial score (nSPS) is 18.0. The molecule has 5 heteroatoms. The molecule has 0 aromatic rings. The van der Waals surface area contributed by atoms with Crippen molar-refractivity contribution < 1.29 is 11.0 Å². The molecule has 0 saturated carbocycles. The minimum absolute atomic E-state index is 0. The number of likely N-dealkylation sites (N-methyl/N-ethyl adjacent to an activating group) is 1. The third kappa shape index (κ3) is 10.4. The van der Waals surface area contributed by atoms with E-state index in [0.29, 0.717) is 25.4 Å². The minimum atomic E-state index is -0.547. The molecular weight excluding hydrogens is 338 g/mol. The maximum atomic E-state index is 12.4. The summed E-state index contributed by atoms with van der Waals surface area (Å²) in [4.78, 5) is 27.0. The highest BCUT2D eigenvalue weighted by atomic mass is 16.2. The summed E-state index contributed by atoms with van der Waals surface area (Å²) in [6, 6.07) is -0.0956. The molecule has 1 aliphatic heterocycles. The van der Waals surface area contributed by atoms with Gasteiger partial charge in [-0.1, -0.05) is 41.2 Å². The molecule has 27 heavy (non-hydrogen) atoms. The molecule has 1 saturated heterocycles. The van der Waals surface area contributed by atoms with Gasteiger partial charge < -0.3 is 15.5 Å². The molecule has 2 N–H and O–H groups in total. The number of piperidine rings is 1. The summed E-state index contributed by atoms with van der Waals surface area (Å²) in [5.41, 5.74) is 1.05. The highest BCUT2D eigenvalue weighted by Gasteiger charge is 2.26. The van der Waals surface area contributed by atoms with Crippen LogP contribution in [0, 0.1) is 5.41 Å². The van der Waals surface area contributed by atoms with Crippen LogP contribution in [0.25, 0.3) is 0 Å². The summed E-state index contributed by atoms with van der Waals surface area (Å²) in [7, 11) is 0. The van der Waals surface area contributed by atoms with Gasteiger partial charge in [-0.3, -0.25) is 9.59 Å². The largest absolute Gasteiger partial charge is 0.373 e. The van der Waals surface area contributed by atoms with E-state index in [1.807, 2.05) is 20.8 Å². The number of nitrogens with one attached hydrogen (secondary N) is 2. The van der Waals surface area contributed by atoms with Gasteiger partial charge in [0.25, 0.3) is 0 Å². The Labute approximate surface area is 168 Å². The summed E-state index contributed by atoms with van der Waals surface area (Å²) in [5, 5.41) is 5.75. The predicted molar refractivity (Wildman–Crippen MR) is 117 cm³/mol. The van der Waals surface area contributed by atoms with Gasteiger partial charge in [-0.2, -0.15) is 0 Å². The van der Waals surface area contributed by atoms with E-state index in [9.17, 15) is 9.59 Å². The zero-order valence-corrected chi connectivity index (χ0v) is 18.8. The Hall–Kier alpha value is -1.52. The van der Waals surface area contributed by atoms with Crippen LogP contribution in [-0.2, 0) is 9.59 Å². The predicted octanol–water partition coefficient (Wildman–Crippen LogP) is 4.48. The maximum absolute atomic E-state index is 12.4. The van der Waals surface area contributed by atoms with Crippen molar-refractivity contribution in [2.45, 2.75) is 99.1 Å². The fourth-order valence-electron chi connectivity index (χ4n) is 3.18. The van der Waals surface area contributed by atoms with Crippen molar-refractivity contribution in [1.29, 1.82) is 0 Å². The average molecular weight is 384 g/mol. The number of likely N-dealkylation sites (tertiary alicyclic amines) is 1. The van der Waals surface area contributed by atoms with Crippen molar-refractivity contribution in [3.05, 3.63) is 12.3 Å². The number of hydrogen-bond acceptors (Lipinski definition) is 3. The lowest BCUT2D eigenvalue weighted by atomic mass is 9.90. The molecule has 0 aliphatic carbocycles. The van der Waals surface area contributed by atoms with Crippen LogP contribution in [0.2, 0.25) is 0 Å². The molecule has 1 aliphatic rings. The molecule has 0 radical (unpaired) electrons. The highest BCUT2D eigenvalue weighted by Crippen LogP contribution is 2.23. The van der Waals surface area contributed by atoms with Crippen LogP contribution >= 0.6 is 0 Å². The summed E-state index contributed by atoms with van der Waals surface area (Å²) in [6.45, 7) is 20.2. The zero-order valence-electron chi connectivity index (χ0n) is 18.8. The van der Waals surface area contributed by atoms with Crippen LogP contribution in [0.3, 0.4) is 0 Å². The lowest BCUT2D eigenvalue weighted by Crippen LogP contribution is -2.48. The molecule has 1 fully saturated rings. The lowest BCUT2D eigenvalue weighted by Gasteiger charge is -2.37. The van der Waals surface area contributed by atoms with E-state index in [0.717, 1.165) is 31.5 Å². The van der Waals surface area contributed by atoms with Crippen LogP contribution in [0.1, 0.15) is 88.4 Å². The van der Waals surface area contributed by atoms with E-state index < -0.39 is 6.04 Å². The third-order valence-electron chi connectivity index (χ3n) is 4.75. The topological polar surface area (TPSA) is 61.4 Å². The summed E-state index contributed by atoms with van der Waals surface area (Å²) >= 11 is 0. The van der Waals surface area contributed by atoms with Gasteiger partial charge in [0.2, 0.25) is 11.8 Å². The Morgan fingerprint density at radius 1 is 1.26 bits per heavy atom. The highest BCUT2D eigenvalue weighted by molar-refractivity contribution is 5.87. The fourth-order valence-corrected chi connectivity index (χ4v) is 3.18. The molecule has 0 bridgehead atoms. The molecule has 1 rings (SSSR count). The molecule has 2 atom stereocenters. The maximum Gasteiger partial charge on any atom is 0.242 e. The first-order valence-electron chi connectivity index (χ1n) is 10.7. The van der Waals surface area contributed by atoms with Gasteiger partial charge in [0.15, 0.2) is 0 Å². The molecule has 0 aromatic carbocycles. The second-order valence-corrected chi connectivity index (χ2v) is 8.38. The Bertz CT molecular complexity index is 475. The molecule has 5 nitrogen and oxygen atoms in total. The molecule has 1 heterocycles. The van der Waals surface area contributed by atoms with Gasteiger partial charge in [-0.15, -0.1) is 0 Å². The minimum Gasteiger partial charge on any atom is -0.373 e. The first-order chi connectivity index (χ1) is 12.6. The van der Waals surface area contributed by atoms with Crippen molar-refractivity contribution in [3.8, 4) is 0 Å². The Morgan fingerprint density at radius 3 is 2.41 bits per heavy atom. The number of hydrogen-bond donors (Lipinski definition) is 2. The molecule has 2 amide bonds. The quantitative estimate of drug-likeness (QED) is 0.649. The number of amides is 2. The van der Waals surface area contributed by atoms with Crippen molar-refractivity contribution in [2.24, 2.45) is 5.41 Å². The van der Waals surface area contributed by atoms with Crippen LogP contribution in [-0.4, -0.2) is 41.9 Å². The molecule has 0 spiro atoms. The van der Waals surface area contributed by atoms with Gasteiger partial charge in [0.05, 0.1) is 0 Å². The van der Waals surface area contributed by atoms with E-state index in [1.165, 1.54) is 6.42 Å². The lowest BCUT2D eigenvalue weighted by molar-refractivity contribution is -0.129. The van der Waals surface area contributed by atoms with Gasteiger partial charge in [0, 0.05) is 39.1 Å². The van der Waals surface area contributed by atoms with Crippen LogP contribution in [0.15, 0.2) is 12.3 Å². The molecule has 0 unspecified atom stereocenters. The van der Waals surface area contributed by atoms with Crippen molar-refractivity contribution in [2.75, 3.05) is 13.1 Å². The van der Waals surface area contributed by atoms with Gasteiger partial charge >= 0.3 is 0 Å². The Kier molecular flexibility index (Phi) is 12.1. The molecular formula is C22H45N3O2. The first kappa shape index (κ1) is 25.5. The standard InChI is InChI=1S/C20H37N3O2.C2H6.H2/c1-7-21-19(25)17(22-18(24)11-12-20(4,5)6)14-16(3)23-13-9-8-10-15(23)2;1-2;/h15,17H,3,7-14H2,1-2,4-6H3,(H,21,25)(H,22,24);1-2H3;1H/t15-,17-;;/m0../s1. The summed E-state index contributed by atoms with van der Waals surface area (Å²) in [6.07, 6.45) is 5.26. The number of rotatable bonds is 8. The number of carbonyl (C=O) groups is 2. The Balaban J connectivity index is 0. The van der Waals surface area contributed by atoms with Gasteiger partial charge in [-0.25, -0.2) is 0 Å². The molecule has 160 valence electrons. The van der Waals surface area contributed by atoms with E-state index in [1.54, 1.807) is 0 Å². The van der Waals surface area contributed by atoms with Crippen LogP contribution in [0.5, 0.6) is 0 Å². The van der Waals surface area contributed by atoms with E-state index in [2.05, 4.69) is 49.8 Å². The third-order valence-corrected chi connectivity index (χ3v) is 4.75. The summed E-state index contributed by atoms with van der Waals surface area (Å²) in [5.74, 6) is -0.192. The van der Waals surface area contributed by atoms with Crippen LogP contribution in [0.4, 0.5) is 0 Å². The number of carbonyl (C=O) groups excluding carboxylic acids is 2. The van der Waals surface area contributed by atoms with Crippen molar-refractivity contribution in [3.63, 3.8) is 0 Å². The second-order valence-electron chi connectivity index (χ2n) is 8.38. The zero-order chi connectivity index (χ0) is 21.0. The number of nitrogens with zero attached hydrogens (tertiary/aromatic N) is 1. The summed E-state index contributed by atoms with van der Waals surface area (Å²) < 4.78 is 0. The Morgan fingerprint density at radius 2 is 1.89 bits per heavy atom.